The maximum Gasteiger partial charge on any atom is 0.151 e. The molecule has 1 aromatic rings. The molecule has 4 heteroatoms. The van der Waals surface area contributed by atoms with Crippen molar-refractivity contribution >= 4 is 11.5 Å². The van der Waals surface area contributed by atoms with Crippen LogP contribution in [0.2, 0.25) is 0 Å². The Bertz CT molecular complexity index is 275. The number of nitrogens with zero attached hydrogens (tertiary/aromatic N) is 2. The third-order valence-corrected chi connectivity index (χ3v) is 1.72. The molecule has 0 aliphatic heterocycles. The van der Waals surface area contributed by atoms with Crippen molar-refractivity contribution in [3.05, 3.63) is 18.3 Å². The molecule has 0 saturated carbocycles. The Hall–Kier alpha value is -1.29. The van der Waals surface area contributed by atoms with E-state index in [4.69, 9.17) is 10.8 Å². The second kappa shape index (κ2) is 4.09. The quantitative estimate of drug-likeness (QED) is 0.712. The van der Waals surface area contributed by atoms with Crippen LogP contribution in [-0.2, 0) is 0 Å². The van der Waals surface area contributed by atoms with Crippen molar-refractivity contribution in [1.29, 1.82) is 0 Å². The fourth-order valence-corrected chi connectivity index (χ4v) is 1.21. The lowest BCUT2D eigenvalue weighted by Gasteiger charge is -2.20. The molecule has 0 aliphatic rings. The summed E-state index contributed by atoms with van der Waals surface area (Å²) < 4.78 is 0. The van der Waals surface area contributed by atoms with Gasteiger partial charge in [0.15, 0.2) is 5.82 Å². The smallest absolute Gasteiger partial charge is 0.151 e. The molecule has 0 aromatic carbocycles. The van der Waals surface area contributed by atoms with E-state index >= 15 is 0 Å². The molecular formula is C9H15N3O. The van der Waals surface area contributed by atoms with E-state index in [0.29, 0.717) is 18.1 Å². The standard InChI is InChI=1S/C9H15N3O/c1-7(13)6-12(2)9-8(10)4-3-5-11-9/h3-5,7,13H,6,10H2,1-2H3. The normalized spacial score (nSPS) is 12.5. The second-order valence-corrected chi connectivity index (χ2v) is 3.15. The zero-order valence-electron chi connectivity index (χ0n) is 7.94. The number of anilines is 2. The van der Waals surface area contributed by atoms with Gasteiger partial charge in [0.2, 0.25) is 0 Å². The number of hydrogen-bond acceptors (Lipinski definition) is 4. The summed E-state index contributed by atoms with van der Waals surface area (Å²) in [6.07, 6.45) is 1.30. The first-order chi connectivity index (χ1) is 6.11. The van der Waals surface area contributed by atoms with Gasteiger partial charge in [0.05, 0.1) is 11.8 Å². The van der Waals surface area contributed by atoms with E-state index in [-0.39, 0.29) is 6.10 Å². The largest absolute Gasteiger partial charge is 0.396 e. The first kappa shape index (κ1) is 9.80. The summed E-state index contributed by atoms with van der Waals surface area (Å²) in [5.41, 5.74) is 6.34. The number of pyridine rings is 1. The monoisotopic (exact) mass is 181 g/mol. The molecule has 4 nitrogen and oxygen atoms in total. The number of aliphatic hydroxyl groups is 1. The highest BCUT2D eigenvalue weighted by Gasteiger charge is 2.07. The lowest BCUT2D eigenvalue weighted by molar-refractivity contribution is 0.201. The summed E-state index contributed by atoms with van der Waals surface area (Å²) in [4.78, 5) is 5.95. The summed E-state index contributed by atoms with van der Waals surface area (Å²) in [6.45, 7) is 2.26. The van der Waals surface area contributed by atoms with E-state index in [1.807, 2.05) is 11.9 Å². The molecule has 1 unspecified atom stereocenters. The third-order valence-electron chi connectivity index (χ3n) is 1.72. The highest BCUT2D eigenvalue weighted by molar-refractivity contribution is 5.61. The first-order valence-corrected chi connectivity index (χ1v) is 4.21. The predicted octanol–water partition coefficient (Wildman–Crippen LogP) is 0.481. The van der Waals surface area contributed by atoms with Crippen molar-refractivity contribution in [2.75, 3.05) is 24.2 Å². The van der Waals surface area contributed by atoms with E-state index < -0.39 is 0 Å². The number of hydrogen-bond donors (Lipinski definition) is 2. The number of nitrogens with two attached hydrogens (primary N) is 1. The van der Waals surface area contributed by atoms with Crippen LogP contribution < -0.4 is 10.6 Å². The van der Waals surface area contributed by atoms with Crippen LogP contribution in [0.5, 0.6) is 0 Å². The molecule has 0 aliphatic carbocycles. The minimum atomic E-state index is -0.383. The van der Waals surface area contributed by atoms with Crippen LogP contribution in [0.1, 0.15) is 6.92 Å². The van der Waals surface area contributed by atoms with Crippen molar-refractivity contribution in [3.8, 4) is 0 Å². The van der Waals surface area contributed by atoms with Crippen LogP contribution in [0.15, 0.2) is 18.3 Å². The molecule has 0 spiro atoms. The van der Waals surface area contributed by atoms with Gasteiger partial charge >= 0.3 is 0 Å². The molecule has 1 atom stereocenters. The Labute approximate surface area is 78.0 Å². The maximum atomic E-state index is 9.16. The zero-order chi connectivity index (χ0) is 9.84. The molecule has 0 bridgehead atoms. The average Bonchev–Trinajstić information content (AvgIpc) is 2.03. The van der Waals surface area contributed by atoms with Gasteiger partial charge in [0, 0.05) is 19.8 Å². The zero-order valence-corrected chi connectivity index (χ0v) is 7.94. The molecule has 0 amide bonds. The van der Waals surface area contributed by atoms with Gasteiger partial charge in [-0.3, -0.25) is 0 Å². The molecule has 72 valence electrons. The number of rotatable bonds is 3. The van der Waals surface area contributed by atoms with Gasteiger partial charge in [0.1, 0.15) is 0 Å². The third kappa shape index (κ3) is 2.59. The van der Waals surface area contributed by atoms with Gasteiger partial charge in [-0.15, -0.1) is 0 Å². The molecule has 3 N–H and O–H groups in total. The number of nitrogen functional groups attached to an aromatic ring is 1. The van der Waals surface area contributed by atoms with Crippen molar-refractivity contribution < 1.29 is 5.11 Å². The predicted molar refractivity (Wildman–Crippen MR) is 53.6 cm³/mol. The van der Waals surface area contributed by atoms with Gasteiger partial charge in [0.25, 0.3) is 0 Å². The van der Waals surface area contributed by atoms with Crippen molar-refractivity contribution in [1.82, 2.24) is 4.98 Å². The van der Waals surface area contributed by atoms with Crippen LogP contribution in [-0.4, -0.2) is 29.8 Å². The maximum absolute atomic E-state index is 9.16. The Kier molecular flexibility index (Phi) is 3.08. The lowest BCUT2D eigenvalue weighted by atomic mass is 10.3. The SMILES string of the molecule is CC(O)CN(C)c1ncccc1N. The van der Waals surface area contributed by atoms with Gasteiger partial charge in [-0.2, -0.15) is 0 Å². The van der Waals surface area contributed by atoms with Gasteiger partial charge in [-0.25, -0.2) is 4.98 Å². The minimum absolute atomic E-state index is 0.383. The van der Waals surface area contributed by atoms with Gasteiger partial charge in [-0.05, 0) is 19.1 Å². The van der Waals surface area contributed by atoms with Crippen LogP contribution in [0.4, 0.5) is 11.5 Å². The van der Waals surface area contributed by atoms with Crippen LogP contribution in [0.25, 0.3) is 0 Å². The first-order valence-electron chi connectivity index (χ1n) is 4.21. The van der Waals surface area contributed by atoms with E-state index in [0.717, 1.165) is 0 Å². The highest BCUT2D eigenvalue weighted by atomic mass is 16.3. The molecule has 1 rings (SSSR count). The number of aliphatic hydroxyl groups excluding tert-OH is 1. The summed E-state index contributed by atoms with van der Waals surface area (Å²) in [6, 6.07) is 3.58. The van der Waals surface area contributed by atoms with Gasteiger partial charge in [-0.1, -0.05) is 0 Å². The molecular weight excluding hydrogens is 166 g/mol. The molecule has 1 aromatic heterocycles. The summed E-state index contributed by atoms with van der Waals surface area (Å²) in [5.74, 6) is 0.711. The number of aromatic nitrogens is 1. The Balaban J connectivity index is 2.76. The second-order valence-electron chi connectivity index (χ2n) is 3.15. The summed E-state index contributed by atoms with van der Waals surface area (Å²) >= 11 is 0. The van der Waals surface area contributed by atoms with Crippen molar-refractivity contribution in [2.24, 2.45) is 0 Å². The molecule has 0 saturated heterocycles. The average molecular weight is 181 g/mol. The molecule has 0 fully saturated rings. The highest BCUT2D eigenvalue weighted by Crippen LogP contribution is 2.17. The topological polar surface area (TPSA) is 62.4 Å². The molecule has 13 heavy (non-hydrogen) atoms. The minimum Gasteiger partial charge on any atom is -0.396 e. The Morgan fingerprint density at radius 3 is 2.92 bits per heavy atom. The fourth-order valence-electron chi connectivity index (χ4n) is 1.21. The van der Waals surface area contributed by atoms with Gasteiger partial charge < -0.3 is 15.7 Å². The fraction of sp³-hybridized carbons (Fsp3) is 0.444. The Morgan fingerprint density at radius 1 is 1.69 bits per heavy atom. The molecule has 0 radical (unpaired) electrons. The summed E-state index contributed by atoms with van der Waals surface area (Å²) in [5, 5.41) is 9.16. The van der Waals surface area contributed by atoms with Crippen LogP contribution in [0.3, 0.4) is 0 Å². The lowest BCUT2D eigenvalue weighted by Crippen LogP contribution is -2.28. The van der Waals surface area contributed by atoms with Crippen molar-refractivity contribution in [3.63, 3.8) is 0 Å². The van der Waals surface area contributed by atoms with E-state index in [1.54, 1.807) is 25.3 Å². The number of likely N-dealkylation sites (N-methyl/N-ethyl adjacent to an activating group) is 1. The Morgan fingerprint density at radius 2 is 2.38 bits per heavy atom. The van der Waals surface area contributed by atoms with Crippen LogP contribution >= 0.6 is 0 Å². The molecule has 1 heterocycles. The summed E-state index contributed by atoms with van der Waals surface area (Å²) in [7, 11) is 1.85. The van der Waals surface area contributed by atoms with Crippen molar-refractivity contribution in [2.45, 2.75) is 13.0 Å². The van der Waals surface area contributed by atoms with E-state index in [2.05, 4.69) is 4.98 Å². The van der Waals surface area contributed by atoms with Crippen LogP contribution in [0, 0.1) is 0 Å². The van der Waals surface area contributed by atoms with E-state index in [9.17, 15) is 0 Å². The van der Waals surface area contributed by atoms with E-state index in [1.165, 1.54) is 0 Å².